The van der Waals surface area contributed by atoms with Gasteiger partial charge in [0.1, 0.15) is 0 Å². The summed E-state index contributed by atoms with van der Waals surface area (Å²) < 4.78 is 2.41. The van der Waals surface area contributed by atoms with E-state index in [-0.39, 0.29) is 0 Å². The monoisotopic (exact) mass is 1070 g/mol. The topological polar surface area (TPSA) is 37.2 Å². The molecule has 12 aromatic carbocycles. The van der Waals surface area contributed by atoms with E-state index in [1.54, 1.807) is 0 Å². The maximum atomic E-state index is 5.41. The van der Waals surface area contributed by atoms with E-state index in [4.69, 9.17) is 9.97 Å². The van der Waals surface area contributed by atoms with Crippen LogP contribution in [-0.4, -0.2) is 30.7 Å². The van der Waals surface area contributed by atoms with E-state index in [0.29, 0.717) is 5.95 Å². The van der Waals surface area contributed by atoms with E-state index < -0.39 is 16.1 Å². The van der Waals surface area contributed by atoms with Crippen LogP contribution in [0.3, 0.4) is 0 Å². The van der Waals surface area contributed by atoms with Crippen LogP contribution in [-0.2, 0) is 0 Å². The Labute approximate surface area is 472 Å². The minimum atomic E-state index is -2.78. The van der Waals surface area contributed by atoms with E-state index >= 15 is 0 Å². The number of benzene rings is 12. The predicted octanol–water partition coefficient (Wildman–Crippen LogP) is 12.7. The summed E-state index contributed by atoms with van der Waals surface area (Å²) in [5.74, 6) is 0.650. The van der Waals surface area contributed by atoms with Crippen LogP contribution in [0.15, 0.2) is 310 Å². The highest BCUT2D eigenvalue weighted by Crippen LogP contribution is 2.43. The molecule has 0 N–H and O–H groups in total. The van der Waals surface area contributed by atoms with Gasteiger partial charge in [-0.2, -0.15) is 0 Å². The molecule has 0 fully saturated rings. The Morgan fingerprint density at radius 1 is 0.296 bits per heavy atom. The first-order chi connectivity index (χ1) is 40.2. The molecule has 14 aromatic rings. The van der Waals surface area contributed by atoms with Gasteiger partial charge in [-0.3, -0.25) is 4.90 Å². The highest BCUT2D eigenvalue weighted by molar-refractivity contribution is 7.22. The molecule has 2 aromatic heterocycles. The van der Waals surface area contributed by atoms with Gasteiger partial charge in [-0.15, -0.1) is 0 Å². The van der Waals surface area contributed by atoms with Crippen molar-refractivity contribution < 1.29 is 0 Å². The Kier molecular flexibility index (Phi) is 10.8. The molecule has 0 aliphatic carbocycles. The number of fused-ring (bicyclic) bond motifs is 8. The number of rotatable bonds is 8. The molecule has 0 atom stereocenters. The van der Waals surface area contributed by atoms with Crippen molar-refractivity contribution in [2.75, 3.05) is 9.80 Å². The second-order valence-corrected chi connectivity index (χ2v) is 28.7. The van der Waals surface area contributed by atoms with Crippen LogP contribution < -0.4 is 51.3 Å². The van der Waals surface area contributed by atoms with E-state index in [0.717, 1.165) is 55.8 Å². The second kappa shape index (κ2) is 18.7. The lowest BCUT2D eigenvalue weighted by Gasteiger charge is -2.45. The molecule has 16 rings (SSSR count). The molecule has 0 saturated heterocycles. The van der Waals surface area contributed by atoms with Crippen LogP contribution in [0.4, 0.5) is 34.4 Å². The van der Waals surface area contributed by atoms with E-state index in [2.05, 4.69) is 318 Å². The fourth-order valence-electron chi connectivity index (χ4n) is 13.8. The zero-order valence-corrected chi connectivity index (χ0v) is 46.2. The van der Waals surface area contributed by atoms with Crippen molar-refractivity contribution in [3.05, 3.63) is 310 Å². The minimum absolute atomic E-state index is 0.650. The molecular formula is C74H51N5Si2. The molecule has 2 aliphatic rings. The molecule has 380 valence electrons. The maximum absolute atomic E-state index is 5.41. The number of aromatic nitrogens is 3. The molecular weight excluding hydrogens is 1020 g/mol. The fraction of sp³-hybridized carbons (Fsp3) is 0. The summed E-state index contributed by atoms with van der Waals surface area (Å²) in [6.45, 7) is 0. The third kappa shape index (κ3) is 7.02. The third-order valence-electron chi connectivity index (χ3n) is 17.1. The second-order valence-electron chi connectivity index (χ2n) is 21.3. The van der Waals surface area contributed by atoms with Gasteiger partial charge < -0.3 is 9.47 Å². The third-order valence-corrected chi connectivity index (χ3v) is 26.9. The minimum Gasteiger partial charge on any atom is -0.311 e. The standard InChI is InChI=1S/C74H51N5Si2/c1-6-24-55(25-7-1)77-64-46-43-53(49-61(64)62-50-56(44-47-65(62)77)78-66-34-16-20-38-70(66)80(57-26-8-2-9-27-57,58-28-10-3-11-29-58)71-39-21-17-35-67(71)78)52-42-45-63-54(48-52)51-75-74(76-63)79-68-36-18-22-40-72(68)81(59-30-12-4-13-31-59,60-32-14-5-15-33-60)73-41-23-19-37-69(73)79/h1-51H. The van der Waals surface area contributed by atoms with Gasteiger partial charge in [0.25, 0.3) is 0 Å². The zero-order valence-electron chi connectivity index (χ0n) is 44.2. The van der Waals surface area contributed by atoms with Crippen LogP contribution >= 0.6 is 0 Å². The number of anilines is 6. The maximum Gasteiger partial charge on any atom is 0.235 e. The first-order valence-electron chi connectivity index (χ1n) is 27.8. The molecule has 81 heavy (non-hydrogen) atoms. The average molecular weight is 1070 g/mol. The van der Waals surface area contributed by atoms with Crippen molar-refractivity contribution in [3.63, 3.8) is 0 Å². The van der Waals surface area contributed by atoms with Crippen molar-refractivity contribution in [2.45, 2.75) is 0 Å². The number of hydrogen-bond acceptors (Lipinski definition) is 4. The van der Waals surface area contributed by atoms with Crippen molar-refractivity contribution >= 4 is 125 Å². The van der Waals surface area contributed by atoms with Gasteiger partial charge in [0, 0.05) is 56.5 Å². The van der Waals surface area contributed by atoms with Crippen molar-refractivity contribution in [3.8, 4) is 16.8 Å². The van der Waals surface area contributed by atoms with Gasteiger partial charge in [-0.1, -0.05) is 224 Å². The molecule has 5 nitrogen and oxygen atoms in total. The van der Waals surface area contributed by atoms with Crippen LogP contribution in [0.25, 0.3) is 49.5 Å². The van der Waals surface area contributed by atoms with E-state index in [9.17, 15) is 0 Å². The number of para-hydroxylation sites is 5. The summed E-state index contributed by atoms with van der Waals surface area (Å²) in [4.78, 5) is 15.4. The van der Waals surface area contributed by atoms with Gasteiger partial charge in [0.05, 0.1) is 16.6 Å². The predicted molar refractivity (Wildman–Crippen MR) is 343 cm³/mol. The normalized spacial score (nSPS) is 13.8. The Morgan fingerprint density at radius 2 is 0.679 bits per heavy atom. The van der Waals surface area contributed by atoms with Gasteiger partial charge in [-0.25, -0.2) is 9.97 Å². The lowest BCUT2D eigenvalue weighted by Crippen LogP contribution is -2.77. The van der Waals surface area contributed by atoms with E-state index in [1.807, 2.05) is 6.20 Å². The van der Waals surface area contributed by atoms with Gasteiger partial charge in [-0.05, 0) is 131 Å². The Morgan fingerprint density at radius 3 is 1.16 bits per heavy atom. The van der Waals surface area contributed by atoms with Crippen molar-refractivity contribution in [2.24, 2.45) is 0 Å². The number of hydrogen-bond donors (Lipinski definition) is 0. The first-order valence-corrected chi connectivity index (χ1v) is 31.8. The molecule has 0 bridgehead atoms. The Bertz CT molecular complexity index is 4540. The quantitative estimate of drug-likeness (QED) is 0.142. The Hall–Kier alpha value is -10.2. The average Bonchev–Trinajstić information content (AvgIpc) is 3.54. The Balaban J connectivity index is 0.829. The molecule has 0 unspecified atom stereocenters. The molecule has 0 saturated carbocycles. The van der Waals surface area contributed by atoms with Gasteiger partial charge >= 0.3 is 0 Å². The SMILES string of the molecule is c1ccc(-n2c3ccc(-c4ccc5nc(N6c7ccccc7[Si](c7ccccc7)(c7ccccc7)c7ccccc76)ncc5c4)cc3c3cc(N4c5ccccc5[Si](c5ccccc5)(c5ccccc5)c5ccccc54)ccc32)cc1. The highest BCUT2D eigenvalue weighted by Gasteiger charge is 2.50. The van der Waals surface area contributed by atoms with Crippen molar-refractivity contribution in [1.29, 1.82) is 0 Å². The summed E-state index contributed by atoms with van der Waals surface area (Å²) in [6, 6.07) is 112. The molecule has 0 spiro atoms. The molecule has 2 aliphatic heterocycles. The zero-order chi connectivity index (χ0) is 53.5. The van der Waals surface area contributed by atoms with Gasteiger partial charge in [0.15, 0.2) is 16.1 Å². The van der Waals surface area contributed by atoms with Crippen LogP contribution in [0.2, 0.25) is 0 Å². The molecule has 0 amide bonds. The fourth-order valence-corrected chi connectivity index (χ4v) is 24.0. The van der Waals surface area contributed by atoms with Crippen LogP contribution in [0.5, 0.6) is 0 Å². The summed E-state index contributed by atoms with van der Waals surface area (Å²) in [5.41, 5.74) is 12.3. The summed E-state index contributed by atoms with van der Waals surface area (Å²) in [6.07, 6.45) is 2.01. The lowest BCUT2D eigenvalue weighted by atomic mass is 10.0. The molecule has 4 heterocycles. The van der Waals surface area contributed by atoms with Crippen LogP contribution in [0.1, 0.15) is 0 Å². The number of nitrogens with zero attached hydrogens (tertiary/aromatic N) is 5. The van der Waals surface area contributed by atoms with E-state index in [1.165, 1.54) is 63.6 Å². The first kappa shape index (κ1) is 46.9. The smallest absolute Gasteiger partial charge is 0.235 e. The molecule has 7 heteroatoms. The van der Waals surface area contributed by atoms with Crippen LogP contribution in [0, 0.1) is 0 Å². The summed E-state index contributed by atoms with van der Waals surface area (Å²) >= 11 is 0. The van der Waals surface area contributed by atoms with Gasteiger partial charge in [0.2, 0.25) is 5.95 Å². The summed E-state index contributed by atoms with van der Waals surface area (Å²) in [5, 5.41) is 14.2. The molecule has 0 radical (unpaired) electrons. The summed E-state index contributed by atoms with van der Waals surface area (Å²) in [7, 11) is -5.55. The largest absolute Gasteiger partial charge is 0.311 e. The highest BCUT2D eigenvalue weighted by atomic mass is 28.3. The lowest BCUT2D eigenvalue weighted by molar-refractivity contribution is 1.11. The van der Waals surface area contributed by atoms with Crippen molar-refractivity contribution in [1.82, 2.24) is 14.5 Å².